The lowest BCUT2D eigenvalue weighted by Gasteiger charge is -2.46. The van der Waals surface area contributed by atoms with Gasteiger partial charge in [-0.1, -0.05) is 36.4 Å². The number of hydrogen-bond acceptors (Lipinski definition) is 8. The van der Waals surface area contributed by atoms with Crippen molar-refractivity contribution in [2.45, 2.75) is 37.1 Å². The summed E-state index contributed by atoms with van der Waals surface area (Å²) in [5.74, 6) is 1.61. The average molecular weight is 491 g/mol. The van der Waals surface area contributed by atoms with Crippen LogP contribution in [0.25, 0.3) is 0 Å². The Morgan fingerprint density at radius 1 is 1.14 bits per heavy atom. The van der Waals surface area contributed by atoms with Gasteiger partial charge in [-0.3, -0.25) is 4.79 Å². The van der Waals surface area contributed by atoms with Crippen LogP contribution in [0.2, 0.25) is 0 Å². The van der Waals surface area contributed by atoms with Crippen molar-refractivity contribution in [1.82, 2.24) is 15.5 Å². The maximum Gasteiger partial charge on any atom is 0.271 e. The van der Waals surface area contributed by atoms with Gasteiger partial charge in [0.05, 0.1) is 24.9 Å². The van der Waals surface area contributed by atoms with Gasteiger partial charge in [0.2, 0.25) is 0 Å². The van der Waals surface area contributed by atoms with Crippen molar-refractivity contribution in [3.63, 3.8) is 0 Å². The predicted octanol–water partition coefficient (Wildman–Crippen LogP) is 2.80. The maximum absolute atomic E-state index is 12.5. The minimum absolute atomic E-state index is 0.0847. The normalized spacial score (nSPS) is 19.2. The van der Waals surface area contributed by atoms with Crippen molar-refractivity contribution in [3.05, 3.63) is 77.5 Å². The number of aliphatic hydroxyl groups excluding tert-OH is 2. The highest BCUT2D eigenvalue weighted by atomic mass is 16.5. The number of benzene rings is 2. The zero-order valence-electron chi connectivity index (χ0n) is 20.1. The quantitative estimate of drug-likeness (QED) is 0.483. The Balaban J connectivity index is 1.17. The molecule has 2 aromatic carbocycles. The van der Waals surface area contributed by atoms with Crippen LogP contribution in [0.5, 0.6) is 11.5 Å². The van der Waals surface area contributed by atoms with Gasteiger partial charge >= 0.3 is 0 Å². The zero-order chi connectivity index (χ0) is 25.1. The largest absolute Gasteiger partial charge is 0.496 e. The molecule has 9 heteroatoms. The molecule has 9 nitrogen and oxygen atoms in total. The third-order valence-electron chi connectivity index (χ3n) is 6.99. The number of fused-ring (bicyclic) bond motifs is 1. The summed E-state index contributed by atoms with van der Waals surface area (Å²) < 4.78 is 11.8. The first-order valence-electron chi connectivity index (χ1n) is 12.1. The molecule has 2 unspecified atom stereocenters. The Morgan fingerprint density at radius 3 is 2.61 bits per heavy atom. The molecule has 0 bridgehead atoms. The lowest BCUT2D eigenvalue weighted by molar-refractivity contribution is -0.0310. The molecule has 0 aliphatic carbocycles. The minimum Gasteiger partial charge on any atom is -0.496 e. The van der Waals surface area contributed by atoms with E-state index in [2.05, 4.69) is 20.4 Å². The number of ether oxygens (including phenoxy) is 2. The highest BCUT2D eigenvalue weighted by molar-refractivity contribution is 5.92. The van der Waals surface area contributed by atoms with Crippen LogP contribution in [0.3, 0.4) is 0 Å². The van der Waals surface area contributed by atoms with E-state index < -0.39 is 17.8 Å². The lowest BCUT2D eigenvalue weighted by Crippen LogP contribution is -2.50. The number of aliphatic hydroxyl groups is 2. The smallest absolute Gasteiger partial charge is 0.271 e. The summed E-state index contributed by atoms with van der Waals surface area (Å²) in [5, 5.41) is 32.2. The van der Waals surface area contributed by atoms with Crippen molar-refractivity contribution in [1.29, 1.82) is 0 Å². The SMILES string of the molecule is COc1cccc2c1C(O)CC1(CCN(c3ccc(C(=O)NCC(O)c4ccccc4)nn3)CC1)O2. The summed E-state index contributed by atoms with van der Waals surface area (Å²) in [6, 6.07) is 18.2. The molecule has 1 aromatic heterocycles. The maximum atomic E-state index is 12.5. The Kier molecular flexibility index (Phi) is 6.75. The predicted molar refractivity (Wildman–Crippen MR) is 133 cm³/mol. The van der Waals surface area contributed by atoms with Gasteiger partial charge in [-0.15, -0.1) is 10.2 Å². The van der Waals surface area contributed by atoms with Gasteiger partial charge in [0.25, 0.3) is 5.91 Å². The second-order valence-corrected chi connectivity index (χ2v) is 9.28. The van der Waals surface area contributed by atoms with E-state index >= 15 is 0 Å². The third-order valence-corrected chi connectivity index (χ3v) is 6.99. The van der Waals surface area contributed by atoms with Crippen LogP contribution in [-0.2, 0) is 0 Å². The van der Waals surface area contributed by atoms with Crippen molar-refractivity contribution >= 4 is 11.7 Å². The lowest BCUT2D eigenvalue weighted by atomic mass is 9.81. The Bertz CT molecular complexity index is 1200. The van der Waals surface area contributed by atoms with E-state index in [9.17, 15) is 15.0 Å². The molecule has 0 radical (unpaired) electrons. The molecular weight excluding hydrogens is 460 g/mol. The number of nitrogens with zero attached hydrogens (tertiary/aromatic N) is 3. The van der Waals surface area contributed by atoms with Gasteiger partial charge in [-0.25, -0.2) is 0 Å². The molecule has 2 aliphatic rings. The van der Waals surface area contributed by atoms with Gasteiger partial charge in [0.15, 0.2) is 11.5 Å². The molecule has 0 saturated carbocycles. The van der Waals surface area contributed by atoms with Gasteiger partial charge in [0, 0.05) is 38.9 Å². The number of amides is 1. The van der Waals surface area contributed by atoms with E-state index in [1.54, 1.807) is 19.2 Å². The third kappa shape index (κ3) is 4.84. The molecule has 2 aliphatic heterocycles. The highest BCUT2D eigenvalue weighted by Crippen LogP contribution is 2.47. The number of piperidine rings is 1. The molecule has 1 spiro atoms. The molecule has 36 heavy (non-hydrogen) atoms. The zero-order valence-corrected chi connectivity index (χ0v) is 20.1. The first-order valence-corrected chi connectivity index (χ1v) is 12.1. The minimum atomic E-state index is -0.795. The number of hydrogen-bond donors (Lipinski definition) is 3. The van der Waals surface area contributed by atoms with E-state index in [-0.39, 0.29) is 18.1 Å². The van der Waals surface area contributed by atoms with E-state index in [4.69, 9.17) is 9.47 Å². The Hall–Kier alpha value is -3.69. The number of nitrogens with one attached hydrogen (secondary N) is 1. The molecule has 188 valence electrons. The van der Waals surface area contributed by atoms with Crippen LogP contribution in [0.1, 0.15) is 53.1 Å². The molecule has 1 saturated heterocycles. The summed E-state index contributed by atoms with van der Waals surface area (Å²) in [5.41, 5.74) is 1.20. The summed E-state index contributed by atoms with van der Waals surface area (Å²) in [6.45, 7) is 1.46. The molecule has 3 N–H and O–H groups in total. The second-order valence-electron chi connectivity index (χ2n) is 9.28. The first kappa shape index (κ1) is 24.0. The number of anilines is 1. The summed E-state index contributed by atoms with van der Waals surface area (Å²) >= 11 is 0. The number of rotatable bonds is 6. The van der Waals surface area contributed by atoms with E-state index in [1.165, 1.54) is 0 Å². The highest BCUT2D eigenvalue weighted by Gasteiger charge is 2.44. The second kappa shape index (κ2) is 10.1. The topological polar surface area (TPSA) is 117 Å². The van der Waals surface area contributed by atoms with Crippen molar-refractivity contribution < 1.29 is 24.5 Å². The number of methoxy groups -OCH3 is 1. The Labute approximate surface area is 209 Å². The standard InChI is InChI=1S/C27H30N4O5/c1-35-22-8-5-9-23-25(22)20(32)16-27(36-23)12-14-31(15-13-27)24-11-10-19(29-30-24)26(34)28-17-21(33)18-6-3-2-4-7-18/h2-11,20-21,32-33H,12-17H2,1H3,(H,28,34). The number of carbonyl (C=O) groups is 1. The van der Waals surface area contributed by atoms with E-state index in [0.717, 1.165) is 18.4 Å². The van der Waals surface area contributed by atoms with Crippen molar-refractivity contribution in [3.8, 4) is 11.5 Å². The van der Waals surface area contributed by atoms with Crippen LogP contribution in [0.4, 0.5) is 5.82 Å². The van der Waals surface area contributed by atoms with Crippen LogP contribution in [-0.4, -0.2) is 58.7 Å². The molecule has 1 fully saturated rings. The van der Waals surface area contributed by atoms with Gasteiger partial charge in [0.1, 0.15) is 17.1 Å². The molecule has 3 aromatic rings. The average Bonchev–Trinajstić information content (AvgIpc) is 2.92. The fourth-order valence-corrected chi connectivity index (χ4v) is 4.99. The molecule has 2 atom stereocenters. The molecule has 5 rings (SSSR count). The first-order chi connectivity index (χ1) is 17.5. The Morgan fingerprint density at radius 2 is 1.92 bits per heavy atom. The van der Waals surface area contributed by atoms with Crippen molar-refractivity contribution in [2.24, 2.45) is 0 Å². The fraction of sp³-hybridized carbons (Fsp3) is 0.370. The van der Waals surface area contributed by atoms with Crippen LogP contribution < -0.4 is 19.7 Å². The van der Waals surface area contributed by atoms with E-state index in [1.807, 2.05) is 48.5 Å². The molecule has 3 heterocycles. The van der Waals surface area contributed by atoms with Crippen LogP contribution in [0, 0.1) is 0 Å². The fourth-order valence-electron chi connectivity index (χ4n) is 4.99. The molecule has 1 amide bonds. The molecular formula is C27H30N4O5. The van der Waals surface area contributed by atoms with Crippen LogP contribution >= 0.6 is 0 Å². The van der Waals surface area contributed by atoms with Gasteiger partial charge < -0.3 is 29.9 Å². The van der Waals surface area contributed by atoms with Crippen molar-refractivity contribution in [2.75, 3.05) is 31.6 Å². The van der Waals surface area contributed by atoms with Gasteiger partial charge in [-0.05, 0) is 29.8 Å². The van der Waals surface area contributed by atoms with E-state index in [0.29, 0.717) is 42.4 Å². The summed E-state index contributed by atoms with van der Waals surface area (Å²) in [4.78, 5) is 14.6. The summed E-state index contributed by atoms with van der Waals surface area (Å²) in [7, 11) is 1.59. The van der Waals surface area contributed by atoms with Crippen LogP contribution in [0.15, 0.2) is 60.7 Å². The number of carbonyl (C=O) groups excluding carboxylic acids is 1. The monoisotopic (exact) mass is 490 g/mol. The summed E-state index contributed by atoms with van der Waals surface area (Å²) in [6.07, 6.45) is 0.517. The number of aromatic nitrogens is 2. The van der Waals surface area contributed by atoms with Gasteiger partial charge in [-0.2, -0.15) is 0 Å².